The minimum Gasteiger partial charge on any atom is -0.193 e. The Balaban J connectivity index is 2.10. The maximum absolute atomic E-state index is 8.87. The molecule has 2 aliphatic rings. The first kappa shape index (κ1) is 9.52. The Morgan fingerprint density at radius 1 is 1.21 bits per heavy atom. The maximum atomic E-state index is 8.87. The van der Waals surface area contributed by atoms with Crippen LogP contribution in [-0.2, 0) is 0 Å². The van der Waals surface area contributed by atoms with Crippen molar-refractivity contribution in [3.05, 3.63) is 23.3 Å². The van der Waals surface area contributed by atoms with Gasteiger partial charge in [-0.05, 0) is 50.9 Å². The van der Waals surface area contributed by atoms with Crippen molar-refractivity contribution in [2.24, 2.45) is 5.92 Å². The fourth-order valence-electron chi connectivity index (χ4n) is 2.51. The molecule has 0 N–H and O–H groups in total. The smallest absolute Gasteiger partial charge is 0.0943 e. The van der Waals surface area contributed by atoms with E-state index in [1.165, 1.54) is 38.5 Å². The van der Waals surface area contributed by atoms with Gasteiger partial charge in [-0.15, -0.1) is 0 Å². The summed E-state index contributed by atoms with van der Waals surface area (Å²) >= 11 is 0. The van der Waals surface area contributed by atoms with Crippen molar-refractivity contribution in [2.75, 3.05) is 0 Å². The zero-order valence-corrected chi connectivity index (χ0v) is 8.63. The van der Waals surface area contributed by atoms with Crippen LogP contribution in [0.2, 0.25) is 0 Å². The van der Waals surface area contributed by atoms with Crippen molar-refractivity contribution >= 4 is 0 Å². The molecule has 1 unspecified atom stereocenters. The molecule has 74 valence electrons. The second-order valence-electron chi connectivity index (χ2n) is 4.33. The largest absolute Gasteiger partial charge is 0.193 e. The van der Waals surface area contributed by atoms with Crippen LogP contribution in [0.25, 0.3) is 0 Å². The lowest BCUT2D eigenvalue weighted by molar-refractivity contribution is 0.549. The lowest BCUT2D eigenvalue weighted by atomic mass is 9.81. The van der Waals surface area contributed by atoms with E-state index in [1.807, 2.05) is 0 Å². The highest BCUT2D eigenvalue weighted by molar-refractivity contribution is 5.28. The molecule has 0 bridgehead atoms. The molecule has 0 aliphatic heterocycles. The van der Waals surface area contributed by atoms with Gasteiger partial charge in [0.25, 0.3) is 0 Å². The molecule has 2 aliphatic carbocycles. The molecule has 0 fully saturated rings. The number of hydrogen-bond donors (Lipinski definition) is 0. The second kappa shape index (κ2) is 4.46. The molecule has 0 heterocycles. The summed E-state index contributed by atoms with van der Waals surface area (Å²) in [6.07, 6.45) is 13.3. The molecular weight excluding hydrogens is 170 g/mol. The van der Waals surface area contributed by atoms with Crippen LogP contribution in [0, 0.1) is 17.2 Å². The average Bonchev–Trinajstić information content (AvgIpc) is 2.30. The van der Waals surface area contributed by atoms with Crippen LogP contribution in [0.3, 0.4) is 0 Å². The van der Waals surface area contributed by atoms with Gasteiger partial charge in [0.1, 0.15) is 0 Å². The predicted octanol–water partition coefficient (Wildman–Crippen LogP) is 3.74. The molecule has 0 saturated carbocycles. The lowest BCUT2D eigenvalue weighted by Crippen LogP contribution is -2.09. The molecule has 2 rings (SSSR count). The van der Waals surface area contributed by atoms with E-state index in [9.17, 15) is 0 Å². The summed E-state index contributed by atoms with van der Waals surface area (Å²) in [5, 5.41) is 8.87. The number of allylic oxidation sites excluding steroid dienone is 4. The lowest BCUT2D eigenvalue weighted by Gasteiger charge is -2.23. The summed E-state index contributed by atoms with van der Waals surface area (Å²) in [5.74, 6) is 0.596. The van der Waals surface area contributed by atoms with Gasteiger partial charge in [-0.25, -0.2) is 0 Å². The maximum Gasteiger partial charge on any atom is 0.0943 e. The van der Waals surface area contributed by atoms with Gasteiger partial charge < -0.3 is 0 Å². The molecule has 14 heavy (non-hydrogen) atoms. The molecular formula is C13H17N. The van der Waals surface area contributed by atoms with E-state index in [0.717, 1.165) is 12.0 Å². The highest BCUT2D eigenvalue weighted by Gasteiger charge is 2.18. The average molecular weight is 187 g/mol. The van der Waals surface area contributed by atoms with Gasteiger partial charge >= 0.3 is 0 Å². The quantitative estimate of drug-likeness (QED) is 0.574. The van der Waals surface area contributed by atoms with Crippen molar-refractivity contribution in [1.82, 2.24) is 0 Å². The molecule has 1 heteroatoms. The highest BCUT2D eigenvalue weighted by atomic mass is 14.3. The van der Waals surface area contributed by atoms with Gasteiger partial charge in [0, 0.05) is 5.57 Å². The van der Waals surface area contributed by atoms with Crippen molar-refractivity contribution in [3.8, 4) is 6.07 Å². The summed E-state index contributed by atoms with van der Waals surface area (Å²) in [6, 6.07) is 2.31. The fourth-order valence-corrected chi connectivity index (χ4v) is 2.51. The first-order valence-electron chi connectivity index (χ1n) is 5.70. The van der Waals surface area contributed by atoms with Crippen LogP contribution < -0.4 is 0 Å². The Morgan fingerprint density at radius 2 is 2.14 bits per heavy atom. The van der Waals surface area contributed by atoms with E-state index in [1.54, 1.807) is 5.57 Å². The topological polar surface area (TPSA) is 23.8 Å². The SMILES string of the molecule is N#CC1=CC(C2=CCCCC2)CCC1. The normalized spacial score (nSPS) is 27.5. The number of hydrogen-bond acceptors (Lipinski definition) is 1. The van der Waals surface area contributed by atoms with Gasteiger partial charge in [-0.1, -0.05) is 17.7 Å². The Kier molecular flexibility index (Phi) is 3.03. The standard InChI is InChI=1S/C13H17N/c14-10-11-5-4-8-13(9-11)12-6-2-1-3-7-12/h6,9,13H,1-5,7-8H2. The first-order chi connectivity index (χ1) is 6.90. The summed E-state index contributed by atoms with van der Waals surface area (Å²) in [4.78, 5) is 0. The number of nitrogens with zero attached hydrogens (tertiary/aromatic N) is 1. The van der Waals surface area contributed by atoms with Gasteiger partial charge in [0.2, 0.25) is 0 Å². The Labute approximate surface area is 86.1 Å². The van der Waals surface area contributed by atoms with E-state index >= 15 is 0 Å². The minimum atomic E-state index is 0.596. The van der Waals surface area contributed by atoms with Crippen LogP contribution in [0.1, 0.15) is 44.9 Å². The van der Waals surface area contributed by atoms with Gasteiger partial charge in [0.15, 0.2) is 0 Å². The van der Waals surface area contributed by atoms with E-state index in [0.29, 0.717) is 5.92 Å². The third kappa shape index (κ3) is 2.07. The van der Waals surface area contributed by atoms with Crippen LogP contribution >= 0.6 is 0 Å². The Morgan fingerprint density at radius 3 is 2.86 bits per heavy atom. The monoisotopic (exact) mass is 187 g/mol. The first-order valence-corrected chi connectivity index (χ1v) is 5.70. The van der Waals surface area contributed by atoms with E-state index in [-0.39, 0.29) is 0 Å². The third-order valence-corrected chi connectivity index (χ3v) is 3.31. The second-order valence-corrected chi connectivity index (χ2v) is 4.33. The van der Waals surface area contributed by atoms with Crippen molar-refractivity contribution < 1.29 is 0 Å². The van der Waals surface area contributed by atoms with Crippen LogP contribution in [0.15, 0.2) is 23.3 Å². The minimum absolute atomic E-state index is 0.596. The van der Waals surface area contributed by atoms with Crippen LogP contribution in [0.4, 0.5) is 0 Å². The summed E-state index contributed by atoms with van der Waals surface area (Å²) in [7, 11) is 0. The molecule has 0 saturated heterocycles. The van der Waals surface area contributed by atoms with Crippen molar-refractivity contribution in [1.29, 1.82) is 5.26 Å². The highest BCUT2D eigenvalue weighted by Crippen LogP contribution is 2.33. The van der Waals surface area contributed by atoms with Gasteiger partial charge in [0.05, 0.1) is 6.07 Å². The van der Waals surface area contributed by atoms with Crippen LogP contribution in [0.5, 0.6) is 0 Å². The molecule has 1 nitrogen and oxygen atoms in total. The summed E-state index contributed by atoms with van der Waals surface area (Å²) in [6.45, 7) is 0. The predicted molar refractivity (Wildman–Crippen MR) is 57.6 cm³/mol. The zero-order valence-electron chi connectivity index (χ0n) is 8.63. The van der Waals surface area contributed by atoms with E-state index in [2.05, 4.69) is 18.2 Å². The van der Waals surface area contributed by atoms with Crippen molar-refractivity contribution in [3.63, 3.8) is 0 Å². The molecule has 0 spiro atoms. The summed E-state index contributed by atoms with van der Waals surface area (Å²) in [5.41, 5.74) is 2.61. The number of nitriles is 1. The molecule has 0 amide bonds. The molecule has 1 atom stereocenters. The molecule has 0 radical (unpaired) electrons. The fraction of sp³-hybridized carbons (Fsp3) is 0.615. The third-order valence-electron chi connectivity index (χ3n) is 3.31. The Hall–Kier alpha value is -1.03. The number of rotatable bonds is 1. The van der Waals surface area contributed by atoms with Crippen LogP contribution in [-0.4, -0.2) is 0 Å². The van der Waals surface area contributed by atoms with Gasteiger partial charge in [-0.3, -0.25) is 0 Å². The molecule has 0 aromatic heterocycles. The zero-order chi connectivity index (χ0) is 9.80. The molecule has 0 aromatic carbocycles. The van der Waals surface area contributed by atoms with Crippen molar-refractivity contribution in [2.45, 2.75) is 44.9 Å². The van der Waals surface area contributed by atoms with Gasteiger partial charge in [-0.2, -0.15) is 5.26 Å². The molecule has 0 aromatic rings. The van der Waals surface area contributed by atoms with E-state index < -0.39 is 0 Å². The summed E-state index contributed by atoms with van der Waals surface area (Å²) < 4.78 is 0. The Bertz CT molecular complexity index is 304. The van der Waals surface area contributed by atoms with E-state index in [4.69, 9.17) is 5.26 Å².